The molecule has 0 amide bonds. The van der Waals surface area contributed by atoms with Crippen molar-refractivity contribution >= 4 is 49.2 Å². The number of fused-ring (bicyclic) bond motifs is 3. The van der Waals surface area contributed by atoms with Crippen LogP contribution in [0.4, 0.5) is 0 Å². The molecule has 0 aliphatic carbocycles. The van der Waals surface area contributed by atoms with Crippen molar-refractivity contribution in [2.75, 3.05) is 0 Å². The van der Waals surface area contributed by atoms with Gasteiger partial charge in [-0.15, -0.1) is 0 Å². The van der Waals surface area contributed by atoms with Crippen LogP contribution in [0.5, 0.6) is 0 Å². The summed E-state index contributed by atoms with van der Waals surface area (Å²) in [6.07, 6.45) is 0. The number of hydrogen-bond donors (Lipinski definition) is 0. The summed E-state index contributed by atoms with van der Waals surface area (Å²) in [5, 5.41) is 3.83. The van der Waals surface area contributed by atoms with Crippen LogP contribution in [0.2, 0.25) is 5.15 Å². The average Bonchev–Trinajstić information content (AvgIpc) is 2.29. The van der Waals surface area contributed by atoms with Crippen molar-refractivity contribution in [1.82, 2.24) is 4.98 Å². The molecular weight excluding hydrogens is 286 g/mol. The minimum atomic E-state index is 0.557. The van der Waals surface area contributed by atoms with Crippen LogP contribution < -0.4 is 0 Å². The molecule has 1 nitrogen and oxygen atoms in total. The van der Waals surface area contributed by atoms with Crippen molar-refractivity contribution in [3.63, 3.8) is 0 Å². The topological polar surface area (TPSA) is 12.9 Å². The van der Waals surface area contributed by atoms with E-state index in [0.29, 0.717) is 5.15 Å². The van der Waals surface area contributed by atoms with Crippen LogP contribution in [0.25, 0.3) is 21.7 Å². The highest BCUT2D eigenvalue weighted by molar-refractivity contribution is 9.10. The lowest BCUT2D eigenvalue weighted by Crippen LogP contribution is -1.84. The highest BCUT2D eigenvalue weighted by atomic mass is 79.9. The van der Waals surface area contributed by atoms with E-state index in [1.807, 2.05) is 30.3 Å². The van der Waals surface area contributed by atoms with Crippen LogP contribution >= 0.6 is 27.5 Å². The Morgan fingerprint density at radius 3 is 2.50 bits per heavy atom. The second-order valence-corrected chi connectivity index (χ2v) is 4.88. The largest absolute Gasteiger partial charge is 0.235 e. The number of benzene rings is 2. The number of pyridine rings is 1. The highest BCUT2D eigenvalue weighted by Crippen LogP contribution is 2.30. The summed E-state index contributed by atoms with van der Waals surface area (Å²) in [5.41, 5.74) is 0.915. The summed E-state index contributed by atoms with van der Waals surface area (Å²) in [6.45, 7) is 0. The molecule has 0 radical (unpaired) electrons. The monoisotopic (exact) mass is 291 g/mol. The van der Waals surface area contributed by atoms with Crippen molar-refractivity contribution in [2.24, 2.45) is 0 Å². The molecule has 0 saturated heterocycles. The van der Waals surface area contributed by atoms with Gasteiger partial charge < -0.3 is 0 Å². The number of rotatable bonds is 0. The fourth-order valence-electron chi connectivity index (χ4n) is 1.89. The maximum atomic E-state index is 6.16. The van der Waals surface area contributed by atoms with Gasteiger partial charge >= 0.3 is 0 Å². The summed E-state index contributed by atoms with van der Waals surface area (Å²) in [6, 6.07) is 14.1. The number of halogens is 2. The molecule has 1 heterocycles. The minimum Gasteiger partial charge on any atom is -0.235 e. The molecule has 0 saturated carbocycles. The molecule has 1 aromatic heterocycles. The van der Waals surface area contributed by atoms with Crippen LogP contribution in [0.1, 0.15) is 0 Å². The van der Waals surface area contributed by atoms with E-state index in [2.05, 4.69) is 33.0 Å². The molecule has 0 fully saturated rings. The Morgan fingerprint density at radius 2 is 1.69 bits per heavy atom. The zero-order valence-corrected chi connectivity index (χ0v) is 10.6. The van der Waals surface area contributed by atoms with Gasteiger partial charge in [0.05, 0.1) is 5.52 Å². The van der Waals surface area contributed by atoms with Crippen molar-refractivity contribution in [3.05, 3.63) is 52.1 Å². The van der Waals surface area contributed by atoms with Crippen molar-refractivity contribution in [3.8, 4) is 0 Å². The third-order valence-electron chi connectivity index (χ3n) is 2.62. The standard InChI is InChI=1S/C13H7BrClN/c14-8-5-6-10-9-3-1-2-4-11(9)13(15)16-12(10)7-8/h1-7H. The number of aromatic nitrogens is 1. The summed E-state index contributed by atoms with van der Waals surface area (Å²) >= 11 is 9.60. The molecule has 0 atom stereocenters. The maximum Gasteiger partial charge on any atom is 0.137 e. The Morgan fingerprint density at radius 1 is 0.938 bits per heavy atom. The fourth-order valence-corrected chi connectivity index (χ4v) is 2.49. The summed E-state index contributed by atoms with van der Waals surface area (Å²) < 4.78 is 1.01. The van der Waals surface area contributed by atoms with Gasteiger partial charge in [0.25, 0.3) is 0 Å². The predicted octanol–water partition coefficient (Wildman–Crippen LogP) is 4.80. The molecule has 3 heteroatoms. The molecule has 16 heavy (non-hydrogen) atoms. The van der Waals surface area contributed by atoms with Crippen molar-refractivity contribution < 1.29 is 0 Å². The van der Waals surface area contributed by atoms with Gasteiger partial charge in [0, 0.05) is 15.2 Å². The number of hydrogen-bond acceptors (Lipinski definition) is 1. The lowest BCUT2D eigenvalue weighted by atomic mass is 10.1. The van der Waals surface area contributed by atoms with Gasteiger partial charge in [-0.05, 0) is 17.5 Å². The first kappa shape index (κ1) is 10.1. The lowest BCUT2D eigenvalue weighted by molar-refractivity contribution is 1.44. The average molecular weight is 293 g/mol. The third-order valence-corrected chi connectivity index (χ3v) is 3.40. The zero-order chi connectivity index (χ0) is 11.1. The van der Waals surface area contributed by atoms with E-state index in [-0.39, 0.29) is 0 Å². The Bertz CT molecular complexity index is 694. The highest BCUT2D eigenvalue weighted by Gasteiger charge is 2.05. The molecule has 2 aromatic carbocycles. The number of nitrogens with zero attached hydrogens (tertiary/aromatic N) is 1. The molecule has 3 rings (SSSR count). The Hall–Kier alpha value is -1.12. The maximum absolute atomic E-state index is 6.16. The van der Waals surface area contributed by atoms with E-state index in [0.717, 1.165) is 26.1 Å². The van der Waals surface area contributed by atoms with E-state index in [1.165, 1.54) is 0 Å². The van der Waals surface area contributed by atoms with E-state index in [4.69, 9.17) is 11.6 Å². The van der Waals surface area contributed by atoms with Gasteiger partial charge in [-0.2, -0.15) is 0 Å². The summed E-state index contributed by atoms with van der Waals surface area (Å²) in [4.78, 5) is 4.40. The first-order chi connectivity index (χ1) is 7.75. The molecular formula is C13H7BrClN. The van der Waals surface area contributed by atoms with E-state index >= 15 is 0 Å². The van der Waals surface area contributed by atoms with Gasteiger partial charge in [-0.25, -0.2) is 4.98 Å². The van der Waals surface area contributed by atoms with E-state index in [1.54, 1.807) is 0 Å². The van der Waals surface area contributed by atoms with Crippen LogP contribution in [0, 0.1) is 0 Å². The molecule has 0 aliphatic heterocycles. The van der Waals surface area contributed by atoms with E-state index in [9.17, 15) is 0 Å². The quantitative estimate of drug-likeness (QED) is 0.428. The van der Waals surface area contributed by atoms with Gasteiger partial charge in [0.2, 0.25) is 0 Å². The van der Waals surface area contributed by atoms with Gasteiger partial charge in [0.1, 0.15) is 5.15 Å². The third kappa shape index (κ3) is 1.49. The smallest absolute Gasteiger partial charge is 0.137 e. The van der Waals surface area contributed by atoms with Crippen molar-refractivity contribution in [1.29, 1.82) is 0 Å². The molecule has 0 aliphatic rings. The van der Waals surface area contributed by atoms with Gasteiger partial charge in [-0.1, -0.05) is 57.9 Å². The zero-order valence-electron chi connectivity index (χ0n) is 8.24. The Balaban J connectivity index is 2.59. The molecule has 78 valence electrons. The molecule has 3 aromatic rings. The Labute approximate surface area is 106 Å². The van der Waals surface area contributed by atoms with Crippen LogP contribution in [-0.4, -0.2) is 4.98 Å². The molecule has 0 spiro atoms. The Kier molecular flexibility index (Phi) is 2.34. The normalized spacial score (nSPS) is 11.1. The predicted molar refractivity (Wildman–Crippen MR) is 72.0 cm³/mol. The molecule has 0 unspecified atom stereocenters. The van der Waals surface area contributed by atoms with Crippen LogP contribution in [0.15, 0.2) is 46.9 Å². The van der Waals surface area contributed by atoms with Gasteiger partial charge in [0.15, 0.2) is 0 Å². The fraction of sp³-hybridized carbons (Fsp3) is 0. The molecule has 0 N–H and O–H groups in total. The van der Waals surface area contributed by atoms with Crippen LogP contribution in [-0.2, 0) is 0 Å². The minimum absolute atomic E-state index is 0.557. The van der Waals surface area contributed by atoms with Gasteiger partial charge in [-0.3, -0.25) is 0 Å². The lowest BCUT2D eigenvalue weighted by Gasteiger charge is -2.05. The first-order valence-electron chi connectivity index (χ1n) is 4.89. The second kappa shape index (κ2) is 3.72. The summed E-state index contributed by atoms with van der Waals surface area (Å²) in [7, 11) is 0. The first-order valence-corrected chi connectivity index (χ1v) is 6.06. The van der Waals surface area contributed by atoms with E-state index < -0.39 is 0 Å². The van der Waals surface area contributed by atoms with Crippen LogP contribution in [0.3, 0.4) is 0 Å². The summed E-state index contributed by atoms with van der Waals surface area (Å²) in [5.74, 6) is 0. The molecule has 0 bridgehead atoms. The van der Waals surface area contributed by atoms with Crippen molar-refractivity contribution in [2.45, 2.75) is 0 Å². The SMILES string of the molecule is Clc1nc2cc(Br)ccc2c2ccccc12. The second-order valence-electron chi connectivity index (χ2n) is 3.61.